The van der Waals surface area contributed by atoms with E-state index in [2.05, 4.69) is 26.9 Å². The summed E-state index contributed by atoms with van der Waals surface area (Å²) < 4.78 is 33.3. The van der Waals surface area contributed by atoms with Crippen molar-refractivity contribution in [2.24, 2.45) is 0 Å². The van der Waals surface area contributed by atoms with Gasteiger partial charge in [0.05, 0.1) is 5.69 Å². The van der Waals surface area contributed by atoms with Crippen molar-refractivity contribution in [1.82, 2.24) is 19.7 Å². The monoisotopic (exact) mass is 629 g/mol. The van der Waals surface area contributed by atoms with Gasteiger partial charge in [0.15, 0.2) is 5.76 Å². The highest BCUT2D eigenvalue weighted by Crippen LogP contribution is 2.28. The second kappa shape index (κ2) is 15.0. The molecule has 0 atom stereocenters. The molecule has 2 amide bonds. The Hall–Kier alpha value is -3.25. The average molecular weight is 630 g/mol. The lowest BCUT2D eigenvalue weighted by Gasteiger charge is -2.28. The van der Waals surface area contributed by atoms with Gasteiger partial charge in [-0.2, -0.15) is 0 Å². The molecule has 1 aliphatic rings. The Morgan fingerprint density at radius 3 is 2.47 bits per heavy atom. The minimum atomic E-state index is -3.90. The zero-order chi connectivity index (χ0) is 31.0. The van der Waals surface area contributed by atoms with Crippen molar-refractivity contribution in [3.05, 3.63) is 76.1 Å². The summed E-state index contributed by atoms with van der Waals surface area (Å²) in [5.74, 6) is 0.0126. The minimum absolute atomic E-state index is 0.00519. The van der Waals surface area contributed by atoms with Gasteiger partial charge in [-0.05, 0) is 49.9 Å². The van der Waals surface area contributed by atoms with Gasteiger partial charge in [0, 0.05) is 63.7 Å². The summed E-state index contributed by atoms with van der Waals surface area (Å²) >= 11 is 6.41. The Labute approximate surface area is 259 Å². The van der Waals surface area contributed by atoms with Gasteiger partial charge in [-0.3, -0.25) is 14.5 Å². The molecule has 0 unspecified atom stereocenters. The first-order valence-electron chi connectivity index (χ1n) is 14.6. The maximum absolute atomic E-state index is 13.6. The first-order valence-corrected chi connectivity index (χ1v) is 16.5. The number of rotatable bonds is 9. The van der Waals surface area contributed by atoms with Crippen LogP contribution in [0.1, 0.15) is 55.2 Å². The van der Waals surface area contributed by atoms with Gasteiger partial charge in [-0.25, -0.2) is 13.1 Å². The number of halogens is 1. The van der Waals surface area contributed by atoms with Crippen LogP contribution in [0.2, 0.25) is 5.02 Å². The number of fused-ring (bicyclic) bond motifs is 1. The first-order chi connectivity index (χ1) is 20.6. The Bertz CT molecular complexity index is 1490. The molecule has 0 radical (unpaired) electrons. The Kier molecular flexibility index (Phi) is 11.4. The molecule has 0 saturated heterocycles. The summed E-state index contributed by atoms with van der Waals surface area (Å²) in [6.45, 7) is 8.30. The lowest BCUT2D eigenvalue weighted by Crippen LogP contribution is -2.39. The second-order valence-corrected chi connectivity index (χ2v) is 12.9. The van der Waals surface area contributed by atoms with E-state index < -0.39 is 10.0 Å². The molecule has 1 aliphatic heterocycles. The molecule has 1 aromatic heterocycles. The quantitative estimate of drug-likeness (QED) is 0.365. The van der Waals surface area contributed by atoms with Gasteiger partial charge >= 0.3 is 0 Å². The van der Waals surface area contributed by atoms with E-state index in [1.165, 1.54) is 6.92 Å². The topological polar surface area (TPSA) is 116 Å². The molecule has 3 aromatic rings. The van der Waals surface area contributed by atoms with Crippen LogP contribution in [0.15, 0.2) is 57.9 Å². The number of amides is 2. The highest BCUT2D eigenvalue weighted by molar-refractivity contribution is 7.89. The summed E-state index contributed by atoms with van der Waals surface area (Å²) in [5.41, 5.74) is 2.95. The largest absolute Gasteiger partial charge is 0.360 e. The fraction of sp³-hybridized carbons (Fsp3) is 0.452. The third-order valence-corrected chi connectivity index (χ3v) is 9.42. The van der Waals surface area contributed by atoms with E-state index in [0.29, 0.717) is 43.3 Å². The maximum atomic E-state index is 13.6. The Morgan fingerprint density at radius 2 is 1.77 bits per heavy atom. The number of nitrogens with one attached hydrogen (secondary N) is 1. The number of aromatic nitrogens is 1. The molecule has 0 spiro atoms. The van der Waals surface area contributed by atoms with Crippen LogP contribution in [0.4, 0.5) is 5.69 Å². The standard InChI is InChI=1S/C31H40ClN5O5S/c1-4-9-30(39)37-17-8-16-35(21-25-10-6-5-7-11-25)18-19-36(22-26-12-13-27(32)20-28(26)37)29(38)14-15-33-43(40,41)31-23(2)34-42-24(31)3/h5-7,10-13,20,33H,4,8-9,14-19,21-22H2,1-3H3. The van der Waals surface area contributed by atoms with Gasteiger partial charge < -0.3 is 14.3 Å². The smallest absolute Gasteiger partial charge is 0.245 e. The Balaban J connectivity index is 1.58. The number of aryl methyl sites for hydroxylation is 2. The van der Waals surface area contributed by atoms with Gasteiger partial charge in [-0.15, -0.1) is 0 Å². The summed E-state index contributed by atoms with van der Waals surface area (Å²) in [5, 5.41) is 4.24. The average Bonchev–Trinajstić information content (AvgIpc) is 3.30. The molecule has 0 fully saturated rings. The number of benzene rings is 2. The molecule has 12 heteroatoms. The Morgan fingerprint density at radius 1 is 1.00 bits per heavy atom. The predicted molar refractivity (Wildman–Crippen MR) is 166 cm³/mol. The molecule has 4 rings (SSSR count). The van der Waals surface area contributed by atoms with Crippen LogP contribution in [0.25, 0.3) is 0 Å². The van der Waals surface area contributed by atoms with Gasteiger partial charge in [0.25, 0.3) is 0 Å². The molecule has 0 aliphatic carbocycles. The first kappa shape index (κ1) is 32.7. The van der Waals surface area contributed by atoms with Crippen molar-refractivity contribution in [3.8, 4) is 0 Å². The molecule has 43 heavy (non-hydrogen) atoms. The van der Waals surface area contributed by atoms with Gasteiger partial charge in [0.1, 0.15) is 10.6 Å². The fourth-order valence-electron chi connectivity index (χ4n) is 5.35. The highest BCUT2D eigenvalue weighted by Gasteiger charge is 2.26. The molecular weight excluding hydrogens is 590 g/mol. The van der Waals surface area contributed by atoms with Crippen LogP contribution < -0.4 is 9.62 Å². The third-order valence-electron chi connectivity index (χ3n) is 7.48. The number of hydrogen-bond donors (Lipinski definition) is 1. The molecule has 232 valence electrons. The summed E-state index contributed by atoms with van der Waals surface area (Å²) in [4.78, 5) is 32.8. The van der Waals surface area contributed by atoms with Crippen molar-refractivity contribution in [2.75, 3.05) is 37.6 Å². The number of carbonyl (C=O) groups excluding carboxylic acids is 2. The van der Waals surface area contributed by atoms with Crippen molar-refractivity contribution >= 4 is 39.1 Å². The van der Waals surface area contributed by atoms with E-state index in [1.807, 2.05) is 31.2 Å². The highest BCUT2D eigenvalue weighted by atomic mass is 35.5. The number of nitrogens with zero attached hydrogens (tertiary/aromatic N) is 4. The van der Waals surface area contributed by atoms with Crippen LogP contribution in [0.5, 0.6) is 0 Å². The zero-order valence-corrected chi connectivity index (χ0v) is 26.6. The molecule has 10 nitrogen and oxygen atoms in total. The number of hydrogen-bond acceptors (Lipinski definition) is 7. The lowest BCUT2D eigenvalue weighted by atomic mass is 10.1. The molecular formula is C31H40ClN5O5S. The summed E-state index contributed by atoms with van der Waals surface area (Å²) in [6, 6.07) is 15.6. The van der Waals surface area contributed by atoms with Crippen LogP contribution >= 0.6 is 11.6 Å². The third kappa shape index (κ3) is 8.66. The number of carbonyl (C=O) groups is 2. The van der Waals surface area contributed by atoms with E-state index >= 15 is 0 Å². The predicted octanol–water partition coefficient (Wildman–Crippen LogP) is 4.68. The van der Waals surface area contributed by atoms with Crippen LogP contribution in [-0.4, -0.2) is 67.9 Å². The molecule has 0 saturated carbocycles. The molecule has 0 bridgehead atoms. The van der Waals surface area contributed by atoms with Crippen molar-refractivity contribution in [3.63, 3.8) is 0 Å². The van der Waals surface area contributed by atoms with Crippen LogP contribution in [-0.2, 0) is 32.7 Å². The molecule has 1 N–H and O–H groups in total. The number of anilines is 1. The van der Waals surface area contributed by atoms with E-state index in [1.54, 1.807) is 28.9 Å². The maximum Gasteiger partial charge on any atom is 0.245 e. The minimum Gasteiger partial charge on any atom is -0.360 e. The number of sulfonamides is 1. The van der Waals surface area contributed by atoms with Crippen molar-refractivity contribution in [1.29, 1.82) is 0 Å². The van der Waals surface area contributed by atoms with Crippen molar-refractivity contribution in [2.45, 2.75) is 64.4 Å². The van der Waals surface area contributed by atoms with Crippen molar-refractivity contribution < 1.29 is 22.5 Å². The van der Waals surface area contributed by atoms with Crippen LogP contribution in [0, 0.1) is 13.8 Å². The van der Waals surface area contributed by atoms with Gasteiger partial charge in [0.2, 0.25) is 21.8 Å². The summed E-state index contributed by atoms with van der Waals surface area (Å²) in [6.07, 6.45) is 1.85. The summed E-state index contributed by atoms with van der Waals surface area (Å²) in [7, 11) is -3.90. The van der Waals surface area contributed by atoms with E-state index in [-0.39, 0.29) is 47.7 Å². The van der Waals surface area contributed by atoms with E-state index in [0.717, 1.165) is 30.5 Å². The van der Waals surface area contributed by atoms with Gasteiger partial charge in [-0.1, -0.05) is 60.1 Å². The molecule has 2 aromatic carbocycles. The van der Waals surface area contributed by atoms with E-state index in [9.17, 15) is 18.0 Å². The van der Waals surface area contributed by atoms with Crippen LogP contribution in [0.3, 0.4) is 0 Å². The van der Waals surface area contributed by atoms with E-state index in [4.69, 9.17) is 16.1 Å². The zero-order valence-electron chi connectivity index (χ0n) is 25.0. The SMILES string of the molecule is CCCC(=O)N1CCCN(Cc2ccccc2)CCN(C(=O)CCNS(=O)(=O)c2c(C)noc2C)Cc2ccc(Cl)cc21. The lowest BCUT2D eigenvalue weighted by molar-refractivity contribution is -0.131. The second-order valence-electron chi connectivity index (χ2n) is 10.8. The molecule has 2 heterocycles. The fourth-order valence-corrected chi connectivity index (χ4v) is 6.88. The normalized spacial score (nSPS) is 15.2.